The number of aliphatic imine (C=N–C) groups is 1. The van der Waals surface area contributed by atoms with Crippen LogP contribution in [0.3, 0.4) is 0 Å². The Labute approximate surface area is 104 Å². The van der Waals surface area contributed by atoms with Crippen LogP contribution < -0.4 is 11.1 Å². The molecule has 98 valence electrons. The number of nitrogens with one attached hydrogen (secondary N) is 1. The fourth-order valence-corrected chi connectivity index (χ4v) is 2.24. The Morgan fingerprint density at radius 2 is 2.24 bits per heavy atom. The van der Waals surface area contributed by atoms with Crippen molar-refractivity contribution in [2.75, 3.05) is 26.8 Å². The van der Waals surface area contributed by atoms with Gasteiger partial charge in [0.15, 0.2) is 5.96 Å². The molecule has 0 bridgehead atoms. The van der Waals surface area contributed by atoms with Crippen LogP contribution in [0.15, 0.2) is 4.99 Å². The summed E-state index contributed by atoms with van der Waals surface area (Å²) in [6.07, 6.45) is 7.73. The largest absolute Gasteiger partial charge is 0.385 e. The zero-order chi connectivity index (χ0) is 12.1. The standard InChI is InChI=1S/C13H25N3O/c1-17-8-7-13(5-6-13)10-16-12(14)15-9-11-3-2-4-11/h11H,2-10H2,1H3,(H3,14,15,16). The Kier molecular flexibility index (Phi) is 4.26. The van der Waals surface area contributed by atoms with Gasteiger partial charge >= 0.3 is 0 Å². The summed E-state index contributed by atoms with van der Waals surface area (Å²) in [5.41, 5.74) is 6.27. The van der Waals surface area contributed by atoms with Crippen LogP contribution >= 0.6 is 0 Å². The highest BCUT2D eigenvalue weighted by Crippen LogP contribution is 2.48. The lowest BCUT2D eigenvalue weighted by molar-refractivity contribution is 0.174. The smallest absolute Gasteiger partial charge is 0.188 e. The predicted octanol–water partition coefficient (Wildman–Crippen LogP) is 1.51. The summed E-state index contributed by atoms with van der Waals surface area (Å²) in [5.74, 6) is 1.45. The van der Waals surface area contributed by atoms with Crippen molar-refractivity contribution in [3.05, 3.63) is 0 Å². The van der Waals surface area contributed by atoms with Gasteiger partial charge in [-0.2, -0.15) is 0 Å². The summed E-state index contributed by atoms with van der Waals surface area (Å²) < 4.78 is 5.13. The van der Waals surface area contributed by atoms with Crippen LogP contribution in [-0.4, -0.2) is 32.8 Å². The number of hydrogen-bond acceptors (Lipinski definition) is 2. The summed E-state index contributed by atoms with van der Waals surface area (Å²) in [5, 5.41) is 3.24. The first-order valence-electron chi connectivity index (χ1n) is 6.77. The van der Waals surface area contributed by atoms with E-state index in [4.69, 9.17) is 10.5 Å². The Bertz CT molecular complexity index is 270. The number of nitrogens with two attached hydrogens (primary N) is 1. The molecule has 0 aliphatic heterocycles. The van der Waals surface area contributed by atoms with Gasteiger partial charge in [-0.15, -0.1) is 0 Å². The highest BCUT2D eigenvalue weighted by atomic mass is 16.5. The van der Waals surface area contributed by atoms with Crippen molar-refractivity contribution in [1.29, 1.82) is 0 Å². The van der Waals surface area contributed by atoms with E-state index in [1.807, 2.05) is 0 Å². The van der Waals surface area contributed by atoms with Gasteiger partial charge in [0, 0.05) is 26.8 Å². The molecule has 0 aromatic rings. The Morgan fingerprint density at radius 3 is 2.76 bits per heavy atom. The highest BCUT2D eigenvalue weighted by Gasteiger charge is 2.41. The quantitative estimate of drug-likeness (QED) is 0.523. The van der Waals surface area contributed by atoms with Crippen LogP contribution in [0.1, 0.15) is 38.5 Å². The number of methoxy groups -OCH3 is 1. The van der Waals surface area contributed by atoms with Gasteiger partial charge in [0.2, 0.25) is 0 Å². The van der Waals surface area contributed by atoms with Crippen molar-refractivity contribution in [1.82, 2.24) is 5.32 Å². The van der Waals surface area contributed by atoms with E-state index >= 15 is 0 Å². The average Bonchev–Trinajstić information content (AvgIpc) is 3.02. The summed E-state index contributed by atoms with van der Waals surface area (Å²) >= 11 is 0. The third-order valence-corrected chi connectivity index (χ3v) is 4.18. The van der Waals surface area contributed by atoms with Gasteiger partial charge in [-0.05, 0) is 43.4 Å². The lowest BCUT2D eigenvalue weighted by Crippen LogP contribution is -2.37. The van der Waals surface area contributed by atoms with E-state index in [2.05, 4.69) is 10.3 Å². The molecule has 0 unspecified atom stereocenters. The molecule has 0 saturated heterocycles. The molecular weight excluding hydrogens is 214 g/mol. The van der Waals surface area contributed by atoms with Crippen molar-refractivity contribution in [2.24, 2.45) is 22.1 Å². The predicted molar refractivity (Wildman–Crippen MR) is 70.0 cm³/mol. The van der Waals surface area contributed by atoms with Crippen molar-refractivity contribution < 1.29 is 4.74 Å². The maximum absolute atomic E-state index is 5.87. The fourth-order valence-electron chi connectivity index (χ4n) is 2.24. The molecule has 2 fully saturated rings. The monoisotopic (exact) mass is 239 g/mol. The van der Waals surface area contributed by atoms with Gasteiger partial charge in [0.05, 0.1) is 0 Å². The Balaban J connectivity index is 1.64. The van der Waals surface area contributed by atoms with Crippen LogP contribution in [-0.2, 0) is 4.74 Å². The SMILES string of the molecule is COCCC1(CN=C(N)NCC2CCC2)CC1. The molecule has 0 atom stereocenters. The van der Waals surface area contributed by atoms with Crippen molar-refractivity contribution in [3.8, 4) is 0 Å². The molecule has 0 radical (unpaired) electrons. The lowest BCUT2D eigenvalue weighted by atomic mass is 9.85. The molecule has 0 amide bonds. The minimum absolute atomic E-state index is 0.402. The molecule has 0 aromatic heterocycles. The van der Waals surface area contributed by atoms with E-state index in [1.54, 1.807) is 7.11 Å². The van der Waals surface area contributed by atoms with Gasteiger partial charge in [0.25, 0.3) is 0 Å². The van der Waals surface area contributed by atoms with Crippen LogP contribution in [0.25, 0.3) is 0 Å². The fraction of sp³-hybridized carbons (Fsp3) is 0.923. The molecule has 2 saturated carbocycles. The summed E-state index contributed by atoms with van der Waals surface area (Å²) in [6, 6.07) is 0. The average molecular weight is 239 g/mol. The minimum atomic E-state index is 0.402. The topological polar surface area (TPSA) is 59.6 Å². The first-order chi connectivity index (χ1) is 8.24. The molecule has 4 heteroatoms. The first-order valence-corrected chi connectivity index (χ1v) is 6.77. The second-order valence-corrected chi connectivity index (χ2v) is 5.62. The zero-order valence-corrected chi connectivity index (χ0v) is 10.9. The van der Waals surface area contributed by atoms with Gasteiger partial charge in [-0.1, -0.05) is 6.42 Å². The Hall–Kier alpha value is -0.770. The lowest BCUT2D eigenvalue weighted by Gasteiger charge is -2.25. The van der Waals surface area contributed by atoms with E-state index in [9.17, 15) is 0 Å². The molecule has 0 spiro atoms. The second-order valence-electron chi connectivity index (χ2n) is 5.62. The maximum Gasteiger partial charge on any atom is 0.188 e. The molecule has 3 N–H and O–H groups in total. The van der Waals surface area contributed by atoms with Crippen molar-refractivity contribution in [2.45, 2.75) is 38.5 Å². The first kappa shape index (κ1) is 12.7. The number of ether oxygens (including phenoxy) is 1. The molecule has 0 heterocycles. The maximum atomic E-state index is 5.87. The number of rotatable bonds is 7. The molecular formula is C13H25N3O. The summed E-state index contributed by atoms with van der Waals surface area (Å²) in [4.78, 5) is 4.47. The molecule has 2 aliphatic carbocycles. The van der Waals surface area contributed by atoms with Crippen LogP contribution in [0, 0.1) is 11.3 Å². The van der Waals surface area contributed by atoms with Crippen LogP contribution in [0.5, 0.6) is 0 Å². The molecule has 2 rings (SSSR count). The van der Waals surface area contributed by atoms with Gasteiger partial charge in [0.1, 0.15) is 0 Å². The number of nitrogens with zero attached hydrogens (tertiary/aromatic N) is 1. The van der Waals surface area contributed by atoms with Gasteiger partial charge in [-0.3, -0.25) is 4.99 Å². The minimum Gasteiger partial charge on any atom is -0.385 e. The van der Waals surface area contributed by atoms with E-state index in [-0.39, 0.29) is 0 Å². The summed E-state index contributed by atoms with van der Waals surface area (Å²) in [6.45, 7) is 2.70. The Morgan fingerprint density at radius 1 is 1.47 bits per heavy atom. The normalized spacial score (nSPS) is 23.2. The number of guanidine groups is 1. The summed E-state index contributed by atoms with van der Waals surface area (Å²) in [7, 11) is 1.76. The number of hydrogen-bond donors (Lipinski definition) is 2. The molecule has 4 nitrogen and oxygen atoms in total. The van der Waals surface area contributed by atoms with E-state index in [0.717, 1.165) is 32.0 Å². The van der Waals surface area contributed by atoms with Crippen molar-refractivity contribution >= 4 is 5.96 Å². The molecule has 2 aliphatic rings. The third kappa shape index (κ3) is 3.87. The van der Waals surface area contributed by atoms with Gasteiger partial charge < -0.3 is 15.8 Å². The van der Waals surface area contributed by atoms with Crippen molar-refractivity contribution in [3.63, 3.8) is 0 Å². The second kappa shape index (κ2) is 5.71. The van der Waals surface area contributed by atoms with Gasteiger partial charge in [-0.25, -0.2) is 0 Å². The van der Waals surface area contributed by atoms with E-state index in [1.165, 1.54) is 32.1 Å². The van der Waals surface area contributed by atoms with Crippen LogP contribution in [0.4, 0.5) is 0 Å². The van der Waals surface area contributed by atoms with Crippen LogP contribution in [0.2, 0.25) is 0 Å². The molecule has 0 aromatic carbocycles. The van der Waals surface area contributed by atoms with E-state index in [0.29, 0.717) is 11.4 Å². The molecule has 17 heavy (non-hydrogen) atoms. The third-order valence-electron chi connectivity index (χ3n) is 4.18. The highest BCUT2D eigenvalue weighted by molar-refractivity contribution is 5.77. The zero-order valence-electron chi connectivity index (χ0n) is 10.9. The van der Waals surface area contributed by atoms with E-state index < -0.39 is 0 Å².